The highest BCUT2D eigenvalue weighted by atomic mass is 32.1. The average molecular weight is 438 g/mol. The van der Waals surface area contributed by atoms with Gasteiger partial charge in [0, 0.05) is 25.3 Å². The molecule has 4 rings (SSSR count). The van der Waals surface area contributed by atoms with E-state index in [0.717, 1.165) is 49.7 Å². The summed E-state index contributed by atoms with van der Waals surface area (Å²) in [6, 6.07) is 14.0. The van der Waals surface area contributed by atoms with Crippen LogP contribution < -0.4 is 20.5 Å². The summed E-state index contributed by atoms with van der Waals surface area (Å²) in [6.45, 7) is 2.91. The fourth-order valence-corrected chi connectivity index (χ4v) is 4.58. The van der Waals surface area contributed by atoms with Crippen molar-refractivity contribution in [2.75, 3.05) is 38.4 Å². The summed E-state index contributed by atoms with van der Waals surface area (Å²) in [7, 11) is 3.35. The number of nitrogens with two attached hydrogens (primary N) is 1. The fraction of sp³-hybridized carbons (Fsp3) is 0.292. The normalized spacial score (nSPS) is 13.5. The first-order valence-electron chi connectivity index (χ1n) is 10.3. The molecule has 3 N–H and O–H groups in total. The summed E-state index contributed by atoms with van der Waals surface area (Å²) in [6.07, 6.45) is 1.96. The largest absolute Gasteiger partial charge is 0.493 e. The molecule has 2 heterocycles. The van der Waals surface area contributed by atoms with E-state index in [0.29, 0.717) is 10.6 Å². The molecule has 0 atom stereocenters. The van der Waals surface area contributed by atoms with E-state index in [1.807, 2.05) is 17.5 Å². The molecule has 1 amide bonds. The lowest BCUT2D eigenvalue weighted by atomic mass is 9.98. The number of fused-ring (bicyclic) bond motifs is 1. The van der Waals surface area contributed by atoms with Gasteiger partial charge in [0.25, 0.3) is 5.91 Å². The molecule has 31 heavy (non-hydrogen) atoms. The molecule has 3 aromatic rings. The number of carbonyl (C=O) groups is 1. The SMILES string of the molecule is COc1cc2c(cc1OC)CN(CCc1ccc(NC(=O)c3sccc3N)cc1)CC2. The summed E-state index contributed by atoms with van der Waals surface area (Å²) in [5.41, 5.74) is 11.0. The highest BCUT2D eigenvalue weighted by Crippen LogP contribution is 2.33. The van der Waals surface area contributed by atoms with Crippen LogP contribution in [0.2, 0.25) is 0 Å². The number of amides is 1. The first-order chi connectivity index (χ1) is 15.1. The van der Waals surface area contributed by atoms with Crippen LogP contribution in [-0.4, -0.2) is 38.1 Å². The van der Waals surface area contributed by atoms with Crippen molar-refractivity contribution in [2.45, 2.75) is 19.4 Å². The van der Waals surface area contributed by atoms with Crippen LogP contribution in [0, 0.1) is 0 Å². The molecular formula is C24H27N3O3S. The number of anilines is 2. The van der Waals surface area contributed by atoms with Gasteiger partial charge in [0.05, 0.1) is 19.9 Å². The third-order valence-corrected chi connectivity index (χ3v) is 6.56. The zero-order valence-corrected chi connectivity index (χ0v) is 18.6. The van der Waals surface area contributed by atoms with E-state index >= 15 is 0 Å². The van der Waals surface area contributed by atoms with Crippen LogP contribution in [-0.2, 0) is 19.4 Å². The third kappa shape index (κ3) is 4.84. The van der Waals surface area contributed by atoms with Gasteiger partial charge >= 0.3 is 0 Å². The highest BCUT2D eigenvalue weighted by Gasteiger charge is 2.19. The fourth-order valence-electron chi connectivity index (χ4n) is 3.87. The van der Waals surface area contributed by atoms with Gasteiger partial charge in [-0.25, -0.2) is 0 Å². The smallest absolute Gasteiger partial charge is 0.267 e. The predicted molar refractivity (Wildman–Crippen MR) is 125 cm³/mol. The Labute approximate surface area is 186 Å². The van der Waals surface area contributed by atoms with Crippen molar-refractivity contribution >= 4 is 28.6 Å². The number of thiophene rings is 1. The first-order valence-corrected chi connectivity index (χ1v) is 11.1. The number of hydrogen-bond acceptors (Lipinski definition) is 6. The van der Waals surface area contributed by atoms with Gasteiger partial charge in [-0.3, -0.25) is 9.69 Å². The van der Waals surface area contributed by atoms with Crippen LogP contribution in [0.1, 0.15) is 26.4 Å². The second kappa shape index (κ2) is 9.41. The Morgan fingerprint density at radius 1 is 1.10 bits per heavy atom. The van der Waals surface area contributed by atoms with Gasteiger partial charge in [-0.15, -0.1) is 11.3 Å². The topological polar surface area (TPSA) is 76.8 Å². The number of methoxy groups -OCH3 is 2. The molecule has 2 aromatic carbocycles. The Bertz CT molecular complexity index is 1060. The number of rotatable bonds is 7. The standard InChI is InChI=1S/C24H27N3O3S/c1-29-21-13-17-8-11-27(15-18(17)14-22(21)30-2)10-7-16-3-5-19(6-4-16)26-24(28)23-20(25)9-12-31-23/h3-6,9,12-14H,7-8,10-11,15,25H2,1-2H3,(H,26,28). The second-order valence-electron chi connectivity index (χ2n) is 7.61. The number of benzene rings is 2. The van der Waals surface area contributed by atoms with Crippen molar-refractivity contribution in [3.05, 3.63) is 69.4 Å². The Morgan fingerprint density at radius 2 is 1.81 bits per heavy atom. The van der Waals surface area contributed by atoms with E-state index in [1.54, 1.807) is 20.3 Å². The van der Waals surface area contributed by atoms with E-state index in [9.17, 15) is 4.79 Å². The summed E-state index contributed by atoms with van der Waals surface area (Å²) >= 11 is 1.35. The summed E-state index contributed by atoms with van der Waals surface area (Å²) in [5.74, 6) is 1.41. The minimum Gasteiger partial charge on any atom is -0.493 e. The number of carbonyl (C=O) groups excluding carboxylic acids is 1. The first kappa shape index (κ1) is 21.2. The quantitative estimate of drug-likeness (QED) is 0.579. The van der Waals surface area contributed by atoms with Gasteiger partial charge < -0.3 is 20.5 Å². The second-order valence-corrected chi connectivity index (χ2v) is 8.52. The molecular weight excluding hydrogens is 410 g/mol. The molecule has 1 aromatic heterocycles. The number of hydrogen-bond donors (Lipinski definition) is 2. The Hall–Kier alpha value is -3.03. The van der Waals surface area contributed by atoms with Crippen molar-refractivity contribution in [2.24, 2.45) is 0 Å². The lowest BCUT2D eigenvalue weighted by Gasteiger charge is -2.29. The molecule has 0 saturated carbocycles. The van der Waals surface area contributed by atoms with Crippen molar-refractivity contribution < 1.29 is 14.3 Å². The van der Waals surface area contributed by atoms with Crippen LogP contribution in [0.25, 0.3) is 0 Å². The lowest BCUT2D eigenvalue weighted by Crippen LogP contribution is -2.32. The van der Waals surface area contributed by atoms with E-state index in [-0.39, 0.29) is 5.91 Å². The van der Waals surface area contributed by atoms with Gasteiger partial charge in [-0.2, -0.15) is 0 Å². The van der Waals surface area contributed by atoms with E-state index < -0.39 is 0 Å². The van der Waals surface area contributed by atoms with Gasteiger partial charge in [-0.1, -0.05) is 12.1 Å². The third-order valence-electron chi connectivity index (χ3n) is 5.63. The minimum absolute atomic E-state index is 0.167. The van der Waals surface area contributed by atoms with Crippen molar-refractivity contribution in [1.29, 1.82) is 0 Å². The Kier molecular flexibility index (Phi) is 6.44. The van der Waals surface area contributed by atoms with Crippen molar-refractivity contribution in [3.8, 4) is 11.5 Å². The van der Waals surface area contributed by atoms with Gasteiger partial charge in [-0.05, 0) is 65.2 Å². The molecule has 0 unspecified atom stereocenters. The van der Waals surface area contributed by atoms with E-state index in [2.05, 4.69) is 34.5 Å². The zero-order chi connectivity index (χ0) is 21.8. The number of nitrogen functional groups attached to an aromatic ring is 1. The van der Waals surface area contributed by atoms with Gasteiger partial charge in [0.15, 0.2) is 11.5 Å². The maximum atomic E-state index is 12.3. The number of ether oxygens (including phenoxy) is 2. The molecule has 7 heteroatoms. The van der Waals surface area contributed by atoms with Crippen LogP contribution in [0.4, 0.5) is 11.4 Å². The molecule has 6 nitrogen and oxygen atoms in total. The molecule has 1 aliphatic heterocycles. The van der Waals surface area contributed by atoms with Crippen molar-refractivity contribution in [3.63, 3.8) is 0 Å². The minimum atomic E-state index is -0.167. The maximum absolute atomic E-state index is 12.3. The molecule has 0 saturated heterocycles. The lowest BCUT2D eigenvalue weighted by molar-refractivity contribution is 0.103. The predicted octanol–water partition coefficient (Wildman–Crippen LogP) is 4.20. The summed E-state index contributed by atoms with van der Waals surface area (Å²) in [4.78, 5) is 15.3. The molecule has 0 spiro atoms. The Morgan fingerprint density at radius 3 is 2.45 bits per heavy atom. The average Bonchev–Trinajstić information content (AvgIpc) is 3.23. The molecule has 0 aliphatic carbocycles. The van der Waals surface area contributed by atoms with Crippen LogP contribution >= 0.6 is 11.3 Å². The monoisotopic (exact) mass is 437 g/mol. The Balaban J connectivity index is 1.33. The number of nitrogens with zero attached hydrogens (tertiary/aromatic N) is 1. The van der Waals surface area contributed by atoms with Crippen LogP contribution in [0.3, 0.4) is 0 Å². The molecule has 0 fully saturated rings. The summed E-state index contributed by atoms with van der Waals surface area (Å²) in [5, 5.41) is 4.73. The molecule has 1 aliphatic rings. The number of nitrogens with one attached hydrogen (secondary N) is 1. The maximum Gasteiger partial charge on any atom is 0.267 e. The van der Waals surface area contributed by atoms with Gasteiger partial charge in [0.2, 0.25) is 0 Å². The molecule has 0 radical (unpaired) electrons. The zero-order valence-electron chi connectivity index (χ0n) is 17.8. The highest BCUT2D eigenvalue weighted by molar-refractivity contribution is 7.12. The van der Waals surface area contributed by atoms with Crippen LogP contribution in [0.15, 0.2) is 47.8 Å². The van der Waals surface area contributed by atoms with E-state index in [1.165, 1.54) is 28.0 Å². The van der Waals surface area contributed by atoms with Crippen molar-refractivity contribution in [1.82, 2.24) is 4.90 Å². The molecule has 0 bridgehead atoms. The van der Waals surface area contributed by atoms with Gasteiger partial charge in [0.1, 0.15) is 4.88 Å². The molecule has 162 valence electrons. The van der Waals surface area contributed by atoms with Crippen LogP contribution in [0.5, 0.6) is 11.5 Å². The van der Waals surface area contributed by atoms with E-state index in [4.69, 9.17) is 15.2 Å². The summed E-state index contributed by atoms with van der Waals surface area (Å²) < 4.78 is 10.9.